The highest BCUT2D eigenvalue weighted by Crippen LogP contribution is 2.24. The first-order valence-electron chi connectivity index (χ1n) is 6.26. The number of carbonyl (C=O) groups excluding carboxylic acids is 1. The summed E-state index contributed by atoms with van der Waals surface area (Å²) in [5.41, 5.74) is 0.860. The fourth-order valence-corrected chi connectivity index (χ4v) is 2.41. The molecule has 0 saturated carbocycles. The van der Waals surface area contributed by atoms with E-state index in [4.69, 9.17) is 4.74 Å². The number of rotatable bonds is 6. The van der Waals surface area contributed by atoms with Crippen molar-refractivity contribution in [3.8, 4) is 0 Å². The first-order valence-corrected chi connectivity index (χ1v) is 7.14. The molecule has 0 aliphatic carbocycles. The van der Waals surface area contributed by atoms with Crippen molar-refractivity contribution in [1.82, 2.24) is 9.97 Å². The predicted molar refractivity (Wildman–Crippen MR) is 76.4 cm³/mol. The molecule has 0 fully saturated rings. The number of nitrogens with zero attached hydrogens (tertiary/aromatic N) is 2. The number of hydrogen-bond donors (Lipinski definition) is 1. The van der Waals surface area contributed by atoms with E-state index in [1.54, 1.807) is 0 Å². The molecule has 6 heteroatoms. The van der Waals surface area contributed by atoms with Crippen molar-refractivity contribution in [2.75, 3.05) is 11.9 Å². The lowest BCUT2D eigenvalue weighted by Gasteiger charge is -2.07. The van der Waals surface area contributed by atoms with Crippen molar-refractivity contribution in [2.45, 2.75) is 32.8 Å². The lowest BCUT2D eigenvalue weighted by molar-refractivity contribution is -0.116. The van der Waals surface area contributed by atoms with Crippen LogP contribution in [0.25, 0.3) is 10.2 Å². The second-order valence-corrected chi connectivity index (χ2v) is 5.34. The van der Waals surface area contributed by atoms with Gasteiger partial charge in [-0.2, -0.15) is 0 Å². The van der Waals surface area contributed by atoms with E-state index in [-0.39, 0.29) is 12.0 Å². The smallest absolute Gasteiger partial charge is 0.225 e. The van der Waals surface area contributed by atoms with Crippen LogP contribution >= 0.6 is 11.3 Å². The summed E-state index contributed by atoms with van der Waals surface area (Å²) in [6.45, 7) is 4.56. The van der Waals surface area contributed by atoms with E-state index in [9.17, 15) is 4.79 Å². The van der Waals surface area contributed by atoms with Crippen LogP contribution in [0.3, 0.4) is 0 Å². The number of amides is 1. The second-order valence-electron chi connectivity index (χ2n) is 4.43. The molecule has 2 rings (SSSR count). The summed E-state index contributed by atoms with van der Waals surface area (Å²) in [5.74, 6) is 0.551. The van der Waals surface area contributed by atoms with Gasteiger partial charge in [-0.05, 0) is 31.7 Å². The number of nitrogens with one attached hydrogen (secondary N) is 1. The number of carbonyl (C=O) groups is 1. The van der Waals surface area contributed by atoms with Crippen molar-refractivity contribution in [3.63, 3.8) is 0 Å². The molecule has 2 aromatic heterocycles. The SMILES string of the molecule is CC(C)OCCCC(=O)Nc1ncnc2ccsc12. The Morgan fingerprint density at radius 1 is 1.47 bits per heavy atom. The highest BCUT2D eigenvalue weighted by Gasteiger charge is 2.08. The highest BCUT2D eigenvalue weighted by atomic mass is 32.1. The van der Waals surface area contributed by atoms with Crippen molar-refractivity contribution in [2.24, 2.45) is 0 Å². The van der Waals surface area contributed by atoms with E-state index in [0.717, 1.165) is 10.2 Å². The van der Waals surface area contributed by atoms with Gasteiger partial charge in [-0.1, -0.05) is 0 Å². The molecular formula is C13H17N3O2S. The number of ether oxygens (including phenoxy) is 1. The Hall–Kier alpha value is -1.53. The summed E-state index contributed by atoms with van der Waals surface area (Å²) in [5, 5.41) is 4.76. The zero-order valence-electron chi connectivity index (χ0n) is 11.0. The Kier molecular flexibility index (Phi) is 4.81. The van der Waals surface area contributed by atoms with Crippen LogP contribution in [0.5, 0.6) is 0 Å². The monoisotopic (exact) mass is 279 g/mol. The molecule has 0 spiro atoms. The number of hydrogen-bond acceptors (Lipinski definition) is 5. The third-order valence-electron chi connectivity index (χ3n) is 2.50. The summed E-state index contributed by atoms with van der Waals surface area (Å²) in [6.07, 6.45) is 2.81. The molecule has 19 heavy (non-hydrogen) atoms. The summed E-state index contributed by atoms with van der Waals surface area (Å²) >= 11 is 1.52. The molecule has 0 bridgehead atoms. The van der Waals surface area contributed by atoms with E-state index in [0.29, 0.717) is 25.3 Å². The second kappa shape index (κ2) is 6.58. The van der Waals surface area contributed by atoms with Crippen LogP contribution in [0.1, 0.15) is 26.7 Å². The quantitative estimate of drug-likeness (QED) is 0.826. The average Bonchev–Trinajstić information content (AvgIpc) is 2.84. The molecule has 0 aromatic carbocycles. The van der Waals surface area contributed by atoms with Crippen LogP contribution in [0.2, 0.25) is 0 Å². The lowest BCUT2D eigenvalue weighted by atomic mass is 10.3. The molecule has 102 valence electrons. The van der Waals surface area contributed by atoms with Crippen molar-refractivity contribution in [3.05, 3.63) is 17.8 Å². The molecule has 0 aliphatic heterocycles. The summed E-state index contributed by atoms with van der Waals surface area (Å²) < 4.78 is 6.31. The molecule has 5 nitrogen and oxygen atoms in total. The predicted octanol–water partition coefficient (Wildman–Crippen LogP) is 2.84. The Bertz CT molecular complexity index is 554. The third kappa shape index (κ3) is 3.97. The molecule has 0 atom stereocenters. The Morgan fingerprint density at radius 3 is 3.11 bits per heavy atom. The standard InChI is InChI=1S/C13H17N3O2S/c1-9(2)18-6-3-4-11(17)16-13-12-10(5-7-19-12)14-8-15-13/h5,7-9H,3-4,6H2,1-2H3,(H,14,15,16,17). The van der Waals surface area contributed by atoms with Crippen LogP contribution in [0, 0.1) is 0 Å². The zero-order valence-corrected chi connectivity index (χ0v) is 11.9. The van der Waals surface area contributed by atoms with Gasteiger partial charge >= 0.3 is 0 Å². The largest absolute Gasteiger partial charge is 0.379 e. The molecule has 0 saturated heterocycles. The van der Waals surface area contributed by atoms with Gasteiger partial charge in [0.15, 0.2) is 5.82 Å². The highest BCUT2D eigenvalue weighted by molar-refractivity contribution is 7.17. The summed E-state index contributed by atoms with van der Waals surface area (Å²) in [7, 11) is 0. The molecule has 1 amide bonds. The van der Waals surface area contributed by atoms with Gasteiger partial charge in [0.25, 0.3) is 0 Å². The Labute approximate surface area is 116 Å². The molecule has 0 aliphatic rings. The van der Waals surface area contributed by atoms with Gasteiger partial charge < -0.3 is 10.1 Å². The van der Waals surface area contributed by atoms with E-state index in [1.807, 2.05) is 25.3 Å². The van der Waals surface area contributed by atoms with Crippen LogP contribution in [-0.4, -0.2) is 28.6 Å². The van der Waals surface area contributed by atoms with Gasteiger partial charge in [0.05, 0.1) is 16.3 Å². The number of fused-ring (bicyclic) bond motifs is 1. The molecule has 0 unspecified atom stereocenters. The van der Waals surface area contributed by atoms with Gasteiger partial charge in [-0.25, -0.2) is 9.97 Å². The first kappa shape index (κ1) is 13.9. The minimum absolute atomic E-state index is 0.0410. The molecule has 0 radical (unpaired) electrons. The molecular weight excluding hydrogens is 262 g/mol. The molecule has 1 N–H and O–H groups in total. The topological polar surface area (TPSA) is 64.1 Å². The Morgan fingerprint density at radius 2 is 2.32 bits per heavy atom. The van der Waals surface area contributed by atoms with Crippen LogP contribution < -0.4 is 5.32 Å². The molecule has 2 aromatic rings. The molecule has 2 heterocycles. The van der Waals surface area contributed by atoms with Gasteiger partial charge in [0.2, 0.25) is 5.91 Å². The number of aromatic nitrogens is 2. The van der Waals surface area contributed by atoms with Gasteiger partial charge in [0.1, 0.15) is 6.33 Å². The lowest BCUT2D eigenvalue weighted by Crippen LogP contribution is -2.14. The summed E-state index contributed by atoms with van der Waals surface area (Å²) in [6, 6.07) is 1.91. The third-order valence-corrected chi connectivity index (χ3v) is 3.41. The van der Waals surface area contributed by atoms with E-state index >= 15 is 0 Å². The van der Waals surface area contributed by atoms with E-state index in [2.05, 4.69) is 15.3 Å². The maximum Gasteiger partial charge on any atom is 0.225 e. The van der Waals surface area contributed by atoms with Crippen molar-refractivity contribution >= 4 is 33.3 Å². The maximum atomic E-state index is 11.8. The maximum absolute atomic E-state index is 11.8. The van der Waals surface area contributed by atoms with Crippen LogP contribution in [0.4, 0.5) is 5.82 Å². The minimum Gasteiger partial charge on any atom is -0.379 e. The van der Waals surface area contributed by atoms with Crippen LogP contribution in [-0.2, 0) is 9.53 Å². The normalized spacial score (nSPS) is 11.1. The average molecular weight is 279 g/mol. The minimum atomic E-state index is -0.0410. The Balaban J connectivity index is 1.87. The van der Waals surface area contributed by atoms with E-state index in [1.165, 1.54) is 17.7 Å². The van der Waals surface area contributed by atoms with Crippen molar-refractivity contribution < 1.29 is 9.53 Å². The van der Waals surface area contributed by atoms with Gasteiger partial charge in [0, 0.05) is 13.0 Å². The first-order chi connectivity index (χ1) is 9.16. The summed E-state index contributed by atoms with van der Waals surface area (Å²) in [4.78, 5) is 20.0. The fraction of sp³-hybridized carbons (Fsp3) is 0.462. The van der Waals surface area contributed by atoms with Crippen molar-refractivity contribution in [1.29, 1.82) is 0 Å². The van der Waals surface area contributed by atoms with Gasteiger partial charge in [-0.15, -0.1) is 11.3 Å². The van der Waals surface area contributed by atoms with Gasteiger partial charge in [-0.3, -0.25) is 4.79 Å². The zero-order chi connectivity index (χ0) is 13.7. The fourth-order valence-electron chi connectivity index (χ4n) is 1.62. The number of anilines is 1. The van der Waals surface area contributed by atoms with E-state index < -0.39 is 0 Å². The number of thiophene rings is 1. The van der Waals surface area contributed by atoms with Crippen LogP contribution in [0.15, 0.2) is 17.8 Å².